The molecule has 1 N–H and O–H groups in total. The Morgan fingerprint density at radius 3 is 2.68 bits per heavy atom. The molecule has 0 fully saturated rings. The van der Waals surface area contributed by atoms with Crippen LogP contribution in [0.3, 0.4) is 0 Å². The van der Waals surface area contributed by atoms with E-state index in [9.17, 15) is 4.79 Å². The zero-order valence-electron chi connectivity index (χ0n) is 16.5. The number of anilines is 1. The Morgan fingerprint density at radius 1 is 1.13 bits per heavy atom. The lowest BCUT2D eigenvalue weighted by Crippen LogP contribution is -2.14. The number of ether oxygens (including phenoxy) is 1. The van der Waals surface area contributed by atoms with Crippen molar-refractivity contribution in [1.29, 1.82) is 0 Å². The maximum atomic E-state index is 12.4. The number of hydrogen-bond donors (Lipinski definition) is 1. The molecule has 2 heterocycles. The molecule has 0 radical (unpaired) electrons. The zero-order chi connectivity index (χ0) is 21.6. The van der Waals surface area contributed by atoms with Crippen molar-refractivity contribution in [2.45, 2.75) is 5.16 Å². The van der Waals surface area contributed by atoms with Crippen LogP contribution in [0.5, 0.6) is 5.75 Å². The summed E-state index contributed by atoms with van der Waals surface area (Å²) in [5, 5.41) is 12.7. The quantitative estimate of drug-likeness (QED) is 0.409. The highest BCUT2D eigenvalue weighted by Gasteiger charge is 2.17. The summed E-state index contributed by atoms with van der Waals surface area (Å²) in [6.07, 6.45) is 3.43. The van der Waals surface area contributed by atoms with E-state index in [4.69, 9.17) is 16.3 Å². The molecule has 0 unspecified atom stereocenters. The predicted octanol–water partition coefficient (Wildman–Crippen LogP) is 4.72. The molecule has 9 heteroatoms. The van der Waals surface area contributed by atoms with Crippen molar-refractivity contribution in [1.82, 2.24) is 19.7 Å². The first-order chi connectivity index (χ1) is 15.1. The normalized spacial score (nSPS) is 10.6. The standard InChI is InChI=1S/C22H18ClN5O2S/c1-30-19-9-7-18(8-10-19)28-21(15-4-3-11-24-13-15)26-27-22(28)31-14-20(29)25-17-6-2-5-16(23)12-17/h2-13H,14H2,1H3,(H,25,29). The van der Waals surface area contributed by atoms with E-state index in [2.05, 4.69) is 20.5 Å². The van der Waals surface area contributed by atoms with Crippen LogP contribution in [0.15, 0.2) is 78.2 Å². The van der Waals surface area contributed by atoms with Crippen molar-refractivity contribution in [2.24, 2.45) is 0 Å². The Hall–Kier alpha value is -3.36. The van der Waals surface area contributed by atoms with E-state index < -0.39 is 0 Å². The number of carbonyl (C=O) groups is 1. The minimum atomic E-state index is -0.167. The van der Waals surface area contributed by atoms with Gasteiger partial charge in [0.2, 0.25) is 5.91 Å². The van der Waals surface area contributed by atoms with Gasteiger partial charge in [0.15, 0.2) is 11.0 Å². The van der Waals surface area contributed by atoms with E-state index in [0.717, 1.165) is 17.0 Å². The van der Waals surface area contributed by atoms with Crippen LogP contribution in [0.25, 0.3) is 17.1 Å². The summed E-state index contributed by atoms with van der Waals surface area (Å²) in [6.45, 7) is 0. The predicted molar refractivity (Wildman–Crippen MR) is 122 cm³/mol. The summed E-state index contributed by atoms with van der Waals surface area (Å²) in [7, 11) is 1.62. The first kappa shape index (κ1) is 20.9. The molecule has 0 saturated heterocycles. The van der Waals surface area contributed by atoms with E-state index in [1.807, 2.05) is 41.0 Å². The molecule has 1 amide bonds. The van der Waals surface area contributed by atoms with Gasteiger partial charge >= 0.3 is 0 Å². The van der Waals surface area contributed by atoms with Crippen LogP contribution < -0.4 is 10.1 Å². The number of nitrogens with zero attached hydrogens (tertiary/aromatic N) is 4. The summed E-state index contributed by atoms with van der Waals surface area (Å²) < 4.78 is 7.15. The number of pyridine rings is 1. The van der Waals surface area contributed by atoms with Gasteiger partial charge in [0.05, 0.1) is 12.9 Å². The van der Waals surface area contributed by atoms with Gasteiger partial charge in [0, 0.05) is 34.4 Å². The number of benzene rings is 2. The fraction of sp³-hybridized carbons (Fsp3) is 0.0909. The molecular weight excluding hydrogens is 434 g/mol. The lowest BCUT2D eigenvalue weighted by molar-refractivity contribution is -0.113. The number of rotatable bonds is 7. The van der Waals surface area contributed by atoms with E-state index >= 15 is 0 Å². The Balaban J connectivity index is 1.59. The van der Waals surface area contributed by atoms with E-state index in [1.54, 1.807) is 43.8 Å². The Kier molecular flexibility index (Phi) is 6.49. The van der Waals surface area contributed by atoms with Crippen LogP contribution in [0.2, 0.25) is 5.02 Å². The van der Waals surface area contributed by atoms with Crippen molar-refractivity contribution in [3.05, 3.63) is 78.1 Å². The molecule has 0 aliphatic heterocycles. The number of hydrogen-bond acceptors (Lipinski definition) is 6. The summed E-state index contributed by atoms with van der Waals surface area (Å²) >= 11 is 7.27. The summed E-state index contributed by atoms with van der Waals surface area (Å²) in [5.41, 5.74) is 2.31. The van der Waals surface area contributed by atoms with Crippen LogP contribution in [-0.4, -0.2) is 38.5 Å². The maximum Gasteiger partial charge on any atom is 0.234 e. The van der Waals surface area contributed by atoms with Crippen molar-refractivity contribution in [3.63, 3.8) is 0 Å². The van der Waals surface area contributed by atoms with Crippen LogP contribution in [0.1, 0.15) is 0 Å². The van der Waals surface area contributed by atoms with E-state index in [0.29, 0.717) is 21.7 Å². The lowest BCUT2D eigenvalue weighted by Gasteiger charge is -2.11. The molecule has 2 aromatic heterocycles. The van der Waals surface area contributed by atoms with Gasteiger partial charge in [-0.3, -0.25) is 14.3 Å². The third kappa shape index (κ3) is 5.04. The first-order valence-electron chi connectivity index (χ1n) is 9.32. The Bertz CT molecular complexity index is 1180. The molecule has 0 atom stereocenters. The van der Waals surface area contributed by atoms with Crippen LogP contribution in [0.4, 0.5) is 5.69 Å². The van der Waals surface area contributed by atoms with Crippen molar-refractivity contribution in [3.8, 4) is 22.8 Å². The number of methoxy groups -OCH3 is 1. The third-order valence-corrected chi connectivity index (χ3v) is 5.49. The van der Waals surface area contributed by atoms with Crippen LogP contribution in [-0.2, 0) is 4.79 Å². The average Bonchev–Trinajstić information content (AvgIpc) is 3.22. The van der Waals surface area contributed by atoms with Gasteiger partial charge < -0.3 is 10.1 Å². The summed E-state index contributed by atoms with van der Waals surface area (Å²) in [5.74, 6) is 1.37. The second kappa shape index (κ2) is 9.63. The van der Waals surface area contributed by atoms with Crippen LogP contribution in [0, 0.1) is 0 Å². The number of nitrogens with one attached hydrogen (secondary N) is 1. The molecular formula is C22H18ClN5O2S. The van der Waals surface area contributed by atoms with Gasteiger partial charge in [0.1, 0.15) is 5.75 Å². The summed E-state index contributed by atoms with van der Waals surface area (Å²) in [6, 6.07) is 18.3. The highest BCUT2D eigenvalue weighted by atomic mass is 35.5. The summed E-state index contributed by atoms with van der Waals surface area (Å²) in [4.78, 5) is 16.6. The molecule has 4 rings (SSSR count). The van der Waals surface area contributed by atoms with Crippen molar-refractivity contribution >= 4 is 35.0 Å². The van der Waals surface area contributed by atoms with Gasteiger partial charge in [-0.2, -0.15) is 0 Å². The fourth-order valence-electron chi connectivity index (χ4n) is 2.90. The Morgan fingerprint density at radius 2 is 1.97 bits per heavy atom. The molecule has 156 valence electrons. The number of halogens is 1. The minimum Gasteiger partial charge on any atom is -0.497 e. The number of aromatic nitrogens is 4. The fourth-order valence-corrected chi connectivity index (χ4v) is 3.85. The SMILES string of the molecule is COc1ccc(-n2c(SCC(=O)Nc3cccc(Cl)c3)nnc2-c2cccnc2)cc1. The maximum absolute atomic E-state index is 12.4. The molecule has 31 heavy (non-hydrogen) atoms. The van der Waals surface area contributed by atoms with Gasteiger partial charge in [-0.15, -0.1) is 10.2 Å². The van der Waals surface area contributed by atoms with Crippen molar-refractivity contribution in [2.75, 3.05) is 18.2 Å². The van der Waals surface area contributed by atoms with E-state index in [-0.39, 0.29) is 11.7 Å². The zero-order valence-corrected chi connectivity index (χ0v) is 18.1. The molecule has 0 aliphatic carbocycles. The second-order valence-electron chi connectivity index (χ2n) is 6.43. The minimum absolute atomic E-state index is 0.161. The smallest absolute Gasteiger partial charge is 0.234 e. The Labute approximate surface area is 188 Å². The molecule has 4 aromatic rings. The highest BCUT2D eigenvalue weighted by Crippen LogP contribution is 2.28. The van der Waals surface area contributed by atoms with E-state index in [1.165, 1.54) is 11.8 Å². The second-order valence-corrected chi connectivity index (χ2v) is 7.81. The van der Waals surface area contributed by atoms with Gasteiger partial charge in [-0.1, -0.05) is 29.4 Å². The molecule has 0 bridgehead atoms. The molecule has 0 spiro atoms. The molecule has 7 nitrogen and oxygen atoms in total. The lowest BCUT2D eigenvalue weighted by atomic mass is 10.2. The van der Waals surface area contributed by atoms with Crippen molar-refractivity contribution < 1.29 is 9.53 Å². The molecule has 0 saturated carbocycles. The third-order valence-electron chi connectivity index (χ3n) is 4.32. The monoisotopic (exact) mass is 451 g/mol. The molecule has 0 aliphatic rings. The highest BCUT2D eigenvalue weighted by molar-refractivity contribution is 7.99. The first-order valence-corrected chi connectivity index (χ1v) is 10.7. The number of carbonyl (C=O) groups excluding carboxylic acids is 1. The molecule has 2 aromatic carbocycles. The topological polar surface area (TPSA) is 81.9 Å². The number of thioether (sulfide) groups is 1. The van der Waals surface area contributed by atoms with Gasteiger partial charge in [0.25, 0.3) is 0 Å². The van der Waals surface area contributed by atoms with Gasteiger partial charge in [-0.05, 0) is 54.6 Å². The number of amides is 1. The van der Waals surface area contributed by atoms with Crippen LogP contribution >= 0.6 is 23.4 Å². The largest absolute Gasteiger partial charge is 0.497 e. The average molecular weight is 452 g/mol. The van der Waals surface area contributed by atoms with Gasteiger partial charge in [-0.25, -0.2) is 0 Å².